The molecule has 1 aromatic heterocycles. The Balaban J connectivity index is 2.64. The Bertz CT molecular complexity index is 713. The second-order valence-electron chi connectivity index (χ2n) is 3.50. The molecule has 1 heterocycles. The molecule has 0 saturated carbocycles. The number of aromatic nitrogens is 1. The lowest BCUT2D eigenvalue weighted by atomic mass is 10.2. The fraction of sp³-hybridized carbons (Fsp3) is 0.231. The zero-order valence-corrected chi connectivity index (χ0v) is 9.40. The molecule has 0 N–H and O–H groups in total. The molecule has 17 heavy (non-hydrogen) atoms. The summed E-state index contributed by atoms with van der Waals surface area (Å²) in [5.41, 5.74) is -0.00456. The van der Waals surface area contributed by atoms with Gasteiger partial charge in [-0.25, -0.2) is 9.59 Å². The molecule has 0 aliphatic heterocycles. The van der Waals surface area contributed by atoms with Gasteiger partial charge in [-0.2, -0.15) is 0 Å². The number of nitrogens with zero attached hydrogens (tertiary/aromatic N) is 1. The Kier molecular flexibility index (Phi) is 3.10. The summed E-state index contributed by atoms with van der Waals surface area (Å²) in [6.45, 7) is 2.16. The number of hydrogen-bond donors (Lipinski definition) is 0. The van der Waals surface area contributed by atoms with Crippen LogP contribution in [0.4, 0.5) is 0 Å². The first kappa shape index (κ1) is 11.2. The van der Waals surface area contributed by atoms with E-state index >= 15 is 0 Å². The van der Waals surface area contributed by atoms with Crippen LogP contribution in [-0.4, -0.2) is 4.57 Å². The van der Waals surface area contributed by atoms with E-state index in [2.05, 4.69) is 16.3 Å². The predicted octanol–water partition coefficient (Wildman–Crippen LogP) is 1.37. The average molecular weight is 229 g/mol. The molecule has 2 aromatic rings. The van der Waals surface area contributed by atoms with Crippen molar-refractivity contribution in [2.45, 2.75) is 19.9 Å². The van der Waals surface area contributed by atoms with Crippen LogP contribution in [-0.2, 0) is 6.54 Å². The van der Waals surface area contributed by atoms with Crippen LogP contribution in [0.3, 0.4) is 0 Å². The molecule has 4 nitrogen and oxygen atoms in total. The molecule has 0 fully saturated rings. The summed E-state index contributed by atoms with van der Waals surface area (Å²) in [5.74, 6) is 5.00. The van der Waals surface area contributed by atoms with Gasteiger partial charge in [0.1, 0.15) is 0 Å². The first-order valence-corrected chi connectivity index (χ1v) is 5.26. The maximum atomic E-state index is 11.6. The molecule has 4 heteroatoms. The van der Waals surface area contributed by atoms with Crippen LogP contribution in [0.5, 0.6) is 0 Å². The minimum Gasteiger partial charge on any atom is -0.372 e. The van der Waals surface area contributed by atoms with Crippen LogP contribution < -0.4 is 11.4 Å². The topological polar surface area (TPSA) is 52.2 Å². The van der Waals surface area contributed by atoms with Gasteiger partial charge in [0.25, 0.3) is 0 Å². The molecule has 0 saturated heterocycles. The van der Waals surface area contributed by atoms with Gasteiger partial charge < -0.3 is 4.42 Å². The zero-order chi connectivity index (χ0) is 12.3. The quantitative estimate of drug-likeness (QED) is 0.731. The molecule has 1 aromatic carbocycles. The smallest absolute Gasteiger partial charge is 0.372 e. The van der Waals surface area contributed by atoms with Crippen LogP contribution in [0.2, 0.25) is 0 Å². The van der Waals surface area contributed by atoms with Crippen molar-refractivity contribution in [1.82, 2.24) is 4.57 Å². The molecule has 86 valence electrons. The normalized spacial score (nSPS) is 9.94. The summed E-state index contributed by atoms with van der Waals surface area (Å²) in [6.07, 6.45) is 0.550. The summed E-state index contributed by atoms with van der Waals surface area (Å²) >= 11 is 0. The molecule has 2 rings (SSSR count). The van der Waals surface area contributed by atoms with Crippen LogP contribution in [0.15, 0.2) is 38.3 Å². The minimum atomic E-state index is -0.633. The molecule has 0 atom stereocenters. The summed E-state index contributed by atoms with van der Waals surface area (Å²) in [5, 5.41) is 0.413. The van der Waals surface area contributed by atoms with Crippen molar-refractivity contribution in [3.05, 3.63) is 45.2 Å². The Morgan fingerprint density at radius 3 is 2.82 bits per heavy atom. The van der Waals surface area contributed by atoms with E-state index in [1.807, 2.05) is 0 Å². The Hall–Kier alpha value is -2.28. The molecule has 0 aliphatic carbocycles. The molecular formula is C13H11NO3. The highest BCUT2D eigenvalue weighted by molar-refractivity contribution is 5.77. The van der Waals surface area contributed by atoms with E-state index in [0.717, 1.165) is 0 Å². The van der Waals surface area contributed by atoms with E-state index < -0.39 is 11.4 Å². The number of rotatable bonds is 2. The SMILES string of the molecule is CC#CCCn1c(=O)oc(=O)c2ccccc21. The molecular weight excluding hydrogens is 218 g/mol. The third-order valence-corrected chi connectivity index (χ3v) is 2.45. The van der Waals surface area contributed by atoms with Crippen molar-refractivity contribution in [1.29, 1.82) is 0 Å². The fourth-order valence-electron chi connectivity index (χ4n) is 1.67. The maximum Gasteiger partial charge on any atom is 0.422 e. The summed E-state index contributed by atoms with van der Waals surface area (Å²) in [6, 6.07) is 6.89. The van der Waals surface area contributed by atoms with E-state index in [4.69, 9.17) is 0 Å². The Labute approximate surface area is 97.5 Å². The number of aryl methyl sites for hydroxylation is 1. The number of hydrogen-bond acceptors (Lipinski definition) is 3. The largest absolute Gasteiger partial charge is 0.422 e. The predicted molar refractivity (Wildman–Crippen MR) is 64.8 cm³/mol. The highest BCUT2D eigenvalue weighted by Gasteiger charge is 2.07. The van der Waals surface area contributed by atoms with Crippen molar-refractivity contribution < 1.29 is 4.42 Å². The van der Waals surface area contributed by atoms with Crippen LogP contribution in [0.25, 0.3) is 10.9 Å². The molecule has 0 aliphatic rings. The lowest BCUT2D eigenvalue weighted by molar-refractivity contribution is 0.418. The van der Waals surface area contributed by atoms with Gasteiger partial charge in [-0.05, 0) is 19.1 Å². The van der Waals surface area contributed by atoms with Gasteiger partial charge >= 0.3 is 11.4 Å². The molecule has 0 amide bonds. The second kappa shape index (κ2) is 4.71. The van der Waals surface area contributed by atoms with E-state index in [-0.39, 0.29) is 0 Å². The number of benzene rings is 1. The van der Waals surface area contributed by atoms with Crippen molar-refractivity contribution in [3.8, 4) is 11.8 Å². The number of para-hydroxylation sites is 1. The molecule has 0 bridgehead atoms. The van der Waals surface area contributed by atoms with Gasteiger partial charge in [0.2, 0.25) is 0 Å². The summed E-state index contributed by atoms with van der Waals surface area (Å²) in [7, 11) is 0. The van der Waals surface area contributed by atoms with E-state index in [1.165, 1.54) is 4.57 Å². The molecule has 0 radical (unpaired) electrons. The Morgan fingerprint density at radius 1 is 1.29 bits per heavy atom. The van der Waals surface area contributed by atoms with E-state index in [1.54, 1.807) is 31.2 Å². The molecule has 0 spiro atoms. The number of fused-ring (bicyclic) bond motifs is 1. The third kappa shape index (κ3) is 2.13. The standard InChI is InChI=1S/C13H11NO3/c1-2-3-6-9-14-11-8-5-4-7-10(11)12(15)17-13(14)16/h4-5,7-8H,6,9H2,1H3. The first-order chi connectivity index (χ1) is 8.24. The van der Waals surface area contributed by atoms with Gasteiger partial charge in [0, 0.05) is 13.0 Å². The van der Waals surface area contributed by atoms with Gasteiger partial charge in [-0.3, -0.25) is 4.57 Å². The summed E-state index contributed by atoms with van der Waals surface area (Å²) in [4.78, 5) is 23.1. The van der Waals surface area contributed by atoms with Crippen LogP contribution in [0.1, 0.15) is 13.3 Å². The van der Waals surface area contributed by atoms with Crippen LogP contribution >= 0.6 is 0 Å². The van der Waals surface area contributed by atoms with Crippen LogP contribution in [0, 0.1) is 11.8 Å². The average Bonchev–Trinajstić information content (AvgIpc) is 2.33. The molecule has 0 unspecified atom stereocenters. The van der Waals surface area contributed by atoms with Crippen molar-refractivity contribution in [2.75, 3.05) is 0 Å². The van der Waals surface area contributed by atoms with Gasteiger partial charge in [0.05, 0.1) is 10.9 Å². The van der Waals surface area contributed by atoms with E-state index in [0.29, 0.717) is 23.9 Å². The highest BCUT2D eigenvalue weighted by atomic mass is 16.4. The van der Waals surface area contributed by atoms with Crippen molar-refractivity contribution >= 4 is 10.9 Å². The lowest BCUT2D eigenvalue weighted by Gasteiger charge is -2.05. The van der Waals surface area contributed by atoms with Gasteiger partial charge in [-0.15, -0.1) is 11.8 Å². The zero-order valence-electron chi connectivity index (χ0n) is 9.40. The second-order valence-corrected chi connectivity index (χ2v) is 3.50. The van der Waals surface area contributed by atoms with Crippen molar-refractivity contribution in [2.24, 2.45) is 0 Å². The highest BCUT2D eigenvalue weighted by Crippen LogP contribution is 2.07. The van der Waals surface area contributed by atoms with E-state index in [9.17, 15) is 9.59 Å². The fourth-order valence-corrected chi connectivity index (χ4v) is 1.67. The van der Waals surface area contributed by atoms with Crippen molar-refractivity contribution in [3.63, 3.8) is 0 Å². The summed E-state index contributed by atoms with van der Waals surface area (Å²) < 4.78 is 6.09. The van der Waals surface area contributed by atoms with Gasteiger partial charge in [0.15, 0.2) is 0 Å². The Morgan fingerprint density at radius 2 is 2.06 bits per heavy atom. The van der Waals surface area contributed by atoms with Gasteiger partial charge in [-0.1, -0.05) is 12.1 Å². The maximum absolute atomic E-state index is 11.6. The lowest BCUT2D eigenvalue weighted by Crippen LogP contribution is -2.24. The minimum absolute atomic E-state index is 0.413. The monoisotopic (exact) mass is 229 g/mol. The first-order valence-electron chi connectivity index (χ1n) is 5.26. The third-order valence-electron chi connectivity index (χ3n) is 2.45.